The van der Waals surface area contributed by atoms with E-state index in [1.165, 1.54) is 4.31 Å². The molecule has 7 heteroatoms. The first-order valence-electron chi connectivity index (χ1n) is 10.2. The lowest BCUT2D eigenvalue weighted by Crippen LogP contribution is -2.43. The average molecular weight is 431 g/mol. The van der Waals surface area contributed by atoms with E-state index in [0.29, 0.717) is 30.8 Å². The standard InChI is InChI=1S/C23H30N2O4S/c1-16-5-6-17(2)22(15-16)30(27,28)25-13-11-20(12-14-25)23(26)24-18(3)19-7-9-21(29-4)10-8-19/h5-10,15,18,20H,11-14H2,1-4H3,(H,24,26)/t18-/m0/s1. The van der Waals surface area contributed by atoms with Crippen LogP contribution in [0.3, 0.4) is 0 Å². The molecule has 2 aromatic rings. The fourth-order valence-corrected chi connectivity index (χ4v) is 5.57. The number of carbonyl (C=O) groups excluding carboxylic acids is 1. The van der Waals surface area contributed by atoms with Gasteiger partial charge in [-0.2, -0.15) is 4.31 Å². The molecule has 1 saturated heterocycles. The molecular weight excluding hydrogens is 400 g/mol. The molecule has 1 N–H and O–H groups in total. The summed E-state index contributed by atoms with van der Waals surface area (Å²) in [5.41, 5.74) is 2.66. The fraction of sp³-hybridized carbons (Fsp3) is 0.435. The van der Waals surface area contributed by atoms with Crippen LogP contribution in [0.5, 0.6) is 5.75 Å². The number of nitrogens with one attached hydrogen (secondary N) is 1. The van der Waals surface area contributed by atoms with Crippen LogP contribution in [-0.2, 0) is 14.8 Å². The topological polar surface area (TPSA) is 75.7 Å². The summed E-state index contributed by atoms with van der Waals surface area (Å²) in [7, 11) is -1.93. The highest BCUT2D eigenvalue weighted by molar-refractivity contribution is 7.89. The number of ether oxygens (including phenoxy) is 1. The van der Waals surface area contributed by atoms with E-state index in [-0.39, 0.29) is 17.9 Å². The summed E-state index contributed by atoms with van der Waals surface area (Å²) in [4.78, 5) is 13.1. The largest absolute Gasteiger partial charge is 0.497 e. The molecule has 0 aliphatic carbocycles. The van der Waals surface area contributed by atoms with Gasteiger partial charge in [0.2, 0.25) is 15.9 Å². The van der Waals surface area contributed by atoms with Crippen LogP contribution >= 0.6 is 0 Å². The third-order valence-corrected chi connectivity index (χ3v) is 7.80. The number of sulfonamides is 1. The lowest BCUT2D eigenvalue weighted by molar-refractivity contribution is -0.126. The molecule has 1 heterocycles. The first-order valence-corrected chi connectivity index (χ1v) is 11.7. The second-order valence-electron chi connectivity index (χ2n) is 7.95. The van der Waals surface area contributed by atoms with Gasteiger partial charge >= 0.3 is 0 Å². The first-order chi connectivity index (χ1) is 14.2. The van der Waals surface area contributed by atoms with E-state index in [0.717, 1.165) is 22.4 Å². The van der Waals surface area contributed by atoms with Crippen molar-refractivity contribution in [3.05, 3.63) is 59.2 Å². The van der Waals surface area contributed by atoms with Gasteiger partial charge in [-0.05, 0) is 68.5 Å². The van der Waals surface area contributed by atoms with Gasteiger partial charge in [0.05, 0.1) is 18.0 Å². The SMILES string of the molecule is COc1ccc([C@H](C)NC(=O)C2CCN(S(=O)(=O)c3cc(C)ccc3C)CC2)cc1. The zero-order valence-electron chi connectivity index (χ0n) is 18.0. The van der Waals surface area contributed by atoms with Crippen molar-refractivity contribution in [2.75, 3.05) is 20.2 Å². The molecule has 0 radical (unpaired) electrons. The monoisotopic (exact) mass is 430 g/mol. The Morgan fingerprint density at radius 1 is 1.10 bits per heavy atom. The molecule has 0 bridgehead atoms. The molecule has 3 rings (SSSR count). The van der Waals surface area contributed by atoms with E-state index in [1.54, 1.807) is 13.2 Å². The van der Waals surface area contributed by atoms with E-state index in [9.17, 15) is 13.2 Å². The van der Waals surface area contributed by atoms with Crippen LogP contribution in [0.4, 0.5) is 0 Å². The summed E-state index contributed by atoms with van der Waals surface area (Å²) >= 11 is 0. The Balaban J connectivity index is 1.60. The van der Waals surface area contributed by atoms with Crippen LogP contribution in [0, 0.1) is 19.8 Å². The van der Waals surface area contributed by atoms with Gasteiger partial charge in [0.15, 0.2) is 0 Å². The Morgan fingerprint density at radius 2 is 1.73 bits per heavy atom. The van der Waals surface area contributed by atoms with Crippen LogP contribution in [0.2, 0.25) is 0 Å². The predicted molar refractivity (Wildman–Crippen MR) is 117 cm³/mol. The summed E-state index contributed by atoms with van der Waals surface area (Å²) in [6, 6.07) is 13.0. The number of amides is 1. The van der Waals surface area contributed by atoms with E-state index in [1.807, 2.05) is 57.2 Å². The van der Waals surface area contributed by atoms with Crippen molar-refractivity contribution >= 4 is 15.9 Å². The first kappa shape index (κ1) is 22.3. The Hall–Kier alpha value is -2.38. The molecule has 6 nitrogen and oxygen atoms in total. The quantitative estimate of drug-likeness (QED) is 0.760. The number of carbonyl (C=O) groups is 1. The summed E-state index contributed by atoms with van der Waals surface area (Å²) in [5, 5.41) is 3.06. The van der Waals surface area contributed by atoms with Gasteiger partial charge in [0.25, 0.3) is 0 Å². The molecule has 0 aromatic heterocycles. The summed E-state index contributed by atoms with van der Waals surface area (Å²) < 4.78 is 32.8. The number of aryl methyl sites for hydroxylation is 2. The van der Waals surface area contributed by atoms with Gasteiger partial charge in [-0.25, -0.2) is 8.42 Å². The maximum atomic E-state index is 13.1. The minimum atomic E-state index is -3.55. The van der Waals surface area contributed by atoms with E-state index in [2.05, 4.69) is 5.32 Å². The van der Waals surface area contributed by atoms with Gasteiger partial charge in [-0.15, -0.1) is 0 Å². The highest BCUT2D eigenvalue weighted by atomic mass is 32.2. The molecule has 0 saturated carbocycles. The second-order valence-corrected chi connectivity index (χ2v) is 9.86. The van der Waals surface area contributed by atoms with Crippen molar-refractivity contribution < 1.29 is 17.9 Å². The van der Waals surface area contributed by atoms with Crippen LogP contribution in [0.15, 0.2) is 47.4 Å². The molecule has 1 fully saturated rings. The van der Waals surface area contributed by atoms with Crippen molar-refractivity contribution in [2.45, 2.75) is 44.6 Å². The van der Waals surface area contributed by atoms with Crippen LogP contribution in [-0.4, -0.2) is 38.8 Å². The molecule has 0 unspecified atom stereocenters. The smallest absolute Gasteiger partial charge is 0.243 e. The minimum absolute atomic E-state index is 0.0258. The fourth-order valence-electron chi connectivity index (χ4n) is 3.79. The Kier molecular flexibility index (Phi) is 6.83. The van der Waals surface area contributed by atoms with E-state index in [4.69, 9.17) is 4.74 Å². The van der Waals surface area contributed by atoms with Gasteiger partial charge in [-0.1, -0.05) is 24.3 Å². The number of hydrogen-bond acceptors (Lipinski definition) is 4. The van der Waals surface area contributed by atoms with Gasteiger partial charge in [-0.3, -0.25) is 4.79 Å². The van der Waals surface area contributed by atoms with Gasteiger partial charge in [0.1, 0.15) is 5.75 Å². The second kappa shape index (κ2) is 9.18. The van der Waals surface area contributed by atoms with E-state index >= 15 is 0 Å². The van der Waals surface area contributed by atoms with Crippen LogP contribution < -0.4 is 10.1 Å². The van der Waals surface area contributed by atoms with Crippen molar-refractivity contribution in [1.82, 2.24) is 9.62 Å². The Morgan fingerprint density at radius 3 is 2.33 bits per heavy atom. The van der Waals surface area contributed by atoms with Crippen molar-refractivity contribution in [3.63, 3.8) is 0 Å². The third kappa shape index (κ3) is 4.84. The molecule has 162 valence electrons. The highest BCUT2D eigenvalue weighted by Crippen LogP contribution is 2.27. The number of piperidine rings is 1. The van der Waals surface area contributed by atoms with Gasteiger partial charge < -0.3 is 10.1 Å². The Bertz CT molecular complexity index is 994. The van der Waals surface area contributed by atoms with Crippen LogP contribution in [0.1, 0.15) is 42.5 Å². The molecule has 0 spiro atoms. The van der Waals surface area contributed by atoms with Crippen LogP contribution in [0.25, 0.3) is 0 Å². The van der Waals surface area contributed by atoms with E-state index < -0.39 is 10.0 Å². The number of methoxy groups -OCH3 is 1. The molecule has 1 atom stereocenters. The third-order valence-electron chi connectivity index (χ3n) is 5.76. The number of nitrogens with zero attached hydrogens (tertiary/aromatic N) is 1. The summed E-state index contributed by atoms with van der Waals surface area (Å²) in [6.45, 7) is 6.35. The lowest BCUT2D eigenvalue weighted by atomic mass is 9.96. The highest BCUT2D eigenvalue weighted by Gasteiger charge is 2.33. The lowest BCUT2D eigenvalue weighted by Gasteiger charge is -2.31. The van der Waals surface area contributed by atoms with Crippen molar-refractivity contribution in [3.8, 4) is 5.75 Å². The summed E-state index contributed by atoms with van der Waals surface area (Å²) in [6.07, 6.45) is 1.04. The molecule has 1 amide bonds. The van der Waals surface area contributed by atoms with Gasteiger partial charge in [0, 0.05) is 19.0 Å². The maximum Gasteiger partial charge on any atom is 0.243 e. The predicted octanol–water partition coefficient (Wildman–Crippen LogP) is 3.59. The molecule has 1 aliphatic heterocycles. The number of rotatable bonds is 6. The molecule has 1 aliphatic rings. The number of benzene rings is 2. The Labute approximate surface area is 179 Å². The zero-order chi connectivity index (χ0) is 21.9. The molecular formula is C23H30N2O4S. The molecule has 2 aromatic carbocycles. The number of hydrogen-bond donors (Lipinski definition) is 1. The van der Waals surface area contributed by atoms with Crippen molar-refractivity contribution in [2.24, 2.45) is 5.92 Å². The average Bonchev–Trinajstić information content (AvgIpc) is 2.75. The minimum Gasteiger partial charge on any atom is -0.497 e. The zero-order valence-corrected chi connectivity index (χ0v) is 18.8. The van der Waals surface area contributed by atoms with Crippen molar-refractivity contribution in [1.29, 1.82) is 0 Å². The normalized spacial score (nSPS) is 16.8. The molecule has 30 heavy (non-hydrogen) atoms. The summed E-state index contributed by atoms with van der Waals surface area (Å²) in [5.74, 6) is 0.563. The maximum absolute atomic E-state index is 13.1.